The van der Waals surface area contributed by atoms with Gasteiger partial charge < -0.3 is 4.42 Å². The van der Waals surface area contributed by atoms with Crippen LogP contribution in [0.25, 0.3) is 45.3 Å². The molecule has 4 aromatic carbocycles. The molecule has 0 radical (unpaired) electrons. The number of benzene rings is 4. The number of rotatable bonds is 5. The molecule has 0 bridgehead atoms. The van der Waals surface area contributed by atoms with Gasteiger partial charge in [0.05, 0.1) is 34.3 Å². The molecule has 0 unspecified atom stereocenters. The molecule has 0 aliphatic carbocycles. The molecule has 176 valence electrons. The smallest absolute Gasteiger partial charge is 0.362 e. The Balaban J connectivity index is 1.55. The van der Waals surface area contributed by atoms with E-state index in [1.54, 1.807) is 0 Å². The van der Waals surface area contributed by atoms with Crippen LogP contribution < -0.4 is 5.36 Å². The molecule has 0 fully saturated rings. The van der Waals surface area contributed by atoms with Crippen molar-refractivity contribution >= 4 is 5.69 Å². The van der Waals surface area contributed by atoms with Crippen LogP contribution >= 0.6 is 0 Å². The van der Waals surface area contributed by atoms with Gasteiger partial charge in [-0.3, -0.25) is 0 Å². The van der Waals surface area contributed by atoms with Crippen molar-refractivity contribution in [3.05, 3.63) is 151 Å². The van der Waals surface area contributed by atoms with Crippen molar-refractivity contribution in [1.82, 2.24) is 0 Å². The molecule has 0 saturated carbocycles. The first kappa shape index (κ1) is 22.4. The lowest BCUT2D eigenvalue weighted by Gasteiger charge is -2.06. The molecule has 37 heavy (non-hydrogen) atoms. The van der Waals surface area contributed by atoms with E-state index in [1.807, 2.05) is 146 Å². The van der Waals surface area contributed by atoms with Gasteiger partial charge in [0, 0.05) is 23.3 Å². The van der Waals surface area contributed by atoms with Crippen molar-refractivity contribution in [3.63, 3.8) is 0 Å². The monoisotopic (exact) mass is 478 g/mol. The molecule has 6 rings (SSSR count). The van der Waals surface area contributed by atoms with E-state index in [2.05, 4.69) is 0 Å². The number of hydrogen-bond acceptors (Lipinski definition) is 2. The molecule has 6 aromatic rings. The maximum absolute atomic E-state index is 6.34. The third-order valence-corrected chi connectivity index (χ3v) is 6.05. The van der Waals surface area contributed by atoms with Crippen LogP contribution in [0.4, 0.5) is 5.69 Å². The molecule has 0 aliphatic heterocycles. The summed E-state index contributed by atoms with van der Waals surface area (Å²) in [5.41, 5.74) is 4.78. The highest BCUT2D eigenvalue weighted by Crippen LogP contribution is 2.32. The molecular formula is C34H24NO2+. The van der Waals surface area contributed by atoms with Crippen molar-refractivity contribution in [3.8, 4) is 45.3 Å². The van der Waals surface area contributed by atoms with Gasteiger partial charge >= 0.3 is 11.5 Å². The lowest BCUT2D eigenvalue weighted by molar-refractivity contribution is 0.579. The van der Waals surface area contributed by atoms with Crippen LogP contribution in [0.5, 0.6) is 0 Å². The normalized spacial score (nSPS) is 10.7. The fraction of sp³-hybridized carbons (Fsp3) is 0. The van der Waals surface area contributed by atoms with E-state index in [-0.39, 0.29) is 0 Å². The highest BCUT2D eigenvalue weighted by atomic mass is 16.3. The summed E-state index contributed by atoms with van der Waals surface area (Å²) in [5.74, 6) is 3.03. The van der Waals surface area contributed by atoms with Gasteiger partial charge in [0.25, 0.3) is 0 Å². The average Bonchev–Trinajstić information content (AvgIpc) is 2.99. The molecule has 0 aliphatic rings. The van der Waals surface area contributed by atoms with Gasteiger partial charge in [-0.2, -0.15) is 0 Å². The Morgan fingerprint density at radius 2 is 0.811 bits per heavy atom. The largest absolute Gasteiger partial charge is 0.456 e. The van der Waals surface area contributed by atoms with Crippen molar-refractivity contribution in [2.75, 3.05) is 0 Å². The fourth-order valence-corrected chi connectivity index (χ4v) is 4.23. The standard InChI is InChI=1S/C34H24NO2/c1-5-13-25(14-6-1)31-21-29(22-32(36-31)26-15-7-2-8-16-26)35-30-23-33(27-17-9-3-10-18-27)37-34(24-30)28-19-11-4-12-20-28/h1-24H/q+1. The van der Waals surface area contributed by atoms with Gasteiger partial charge in [0.15, 0.2) is 0 Å². The van der Waals surface area contributed by atoms with Gasteiger partial charge in [-0.1, -0.05) is 97.1 Å². The summed E-state index contributed by atoms with van der Waals surface area (Å²) in [6.07, 6.45) is 0. The summed E-state index contributed by atoms with van der Waals surface area (Å²) in [4.78, 5) is 5.07. The molecule has 2 aromatic heterocycles. The van der Waals surface area contributed by atoms with Gasteiger partial charge in [0.2, 0.25) is 0 Å². The Labute approximate surface area is 215 Å². The molecular weight excluding hydrogens is 454 g/mol. The second-order valence-electron chi connectivity index (χ2n) is 8.66. The van der Waals surface area contributed by atoms with Crippen molar-refractivity contribution in [2.24, 2.45) is 4.99 Å². The Hall–Kier alpha value is -5.02. The zero-order valence-corrected chi connectivity index (χ0v) is 20.1. The van der Waals surface area contributed by atoms with Crippen LogP contribution in [0.1, 0.15) is 0 Å². The predicted octanol–water partition coefficient (Wildman–Crippen LogP) is 9.05. The Morgan fingerprint density at radius 3 is 1.22 bits per heavy atom. The Morgan fingerprint density at radius 1 is 0.432 bits per heavy atom. The van der Waals surface area contributed by atoms with E-state index in [1.165, 1.54) is 0 Å². The van der Waals surface area contributed by atoms with Gasteiger partial charge in [-0.15, -0.1) is 0 Å². The molecule has 3 nitrogen and oxygen atoms in total. The van der Waals surface area contributed by atoms with E-state index in [9.17, 15) is 0 Å². The second-order valence-corrected chi connectivity index (χ2v) is 8.66. The van der Waals surface area contributed by atoms with Crippen LogP contribution in [0.3, 0.4) is 0 Å². The Kier molecular flexibility index (Phi) is 6.25. The molecule has 2 heterocycles. The first-order chi connectivity index (χ1) is 18.3. The Bertz CT molecular complexity index is 1570. The van der Waals surface area contributed by atoms with E-state index in [0.29, 0.717) is 0 Å². The van der Waals surface area contributed by atoms with Crippen LogP contribution in [-0.2, 0) is 0 Å². The number of hydrogen-bond donors (Lipinski definition) is 0. The maximum atomic E-state index is 6.34. The van der Waals surface area contributed by atoms with E-state index in [4.69, 9.17) is 13.8 Å². The highest BCUT2D eigenvalue weighted by Gasteiger charge is 2.19. The lowest BCUT2D eigenvalue weighted by Crippen LogP contribution is -2.01. The molecule has 0 spiro atoms. The third-order valence-electron chi connectivity index (χ3n) is 6.05. The first-order valence-electron chi connectivity index (χ1n) is 12.2. The van der Waals surface area contributed by atoms with Gasteiger partial charge in [-0.05, 0) is 24.3 Å². The van der Waals surface area contributed by atoms with E-state index < -0.39 is 0 Å². The zero-order chi connectivity index (χ0) is 24.9. The minimum absolute atomic E-state index is 0.757. The topological polar surface area (TPSA) is 36.8 Å². The van der Waals surface area contributed by atoms with Crippen molar-refractivity contribution in [1.29, 1.82) is 0 Å². The molecule has 0 amide bonds. The van der Waals surface area contributed by atoms with Crippen LogP contribution in [0.15, 0.2) is 159 Å². The summed E-state index contributed by atoms with van der Waals surface area (Å²) in [5, 5.41) is 0.799. The zero-order valence-electron chi connectivity index (χ0n) is 20.1. The van der Waals surface area contributed by atoms with Crippen LogP contribution in [0, 0.1) is 0 Å². The summed E-state index contributed by atoms with van der Waals surface area (Å²) in [6.45, 7) is 0. The summed E-state index contributed by atoms with van der Waals surface area (Å²) in [6, 6.07) is 48.3. The first-order valence-corrected chi connectivity index (χ1v) is 12.2. The van der Waals surface area contributed by atoms with Crippen LogP contribution in [-0.4, -0.2) is 0 Å². The van der Waals surface area contributed by atoms with Crippen LogP contribution in [0.2, 0.25) is 0 Å². The molecule has 0 atom stereocenters. The number of nitrogens with zero attached hydrogens (tertiary/aromatic N) is 1. The minimum atomic E-state index is 0.757. The molecule has 0 N–H and O–H groups in total. The summed E-state index contributed by atoms with van der Waals surface area (Å²) >= 11 is 0. The second kappa shape index (κ2) is 10.3. The fourth-order valence-electron chi connectivity index (χ4n) is 4.23. The summed E-state index contributed by atoms with van der Waals surface area (Å²) < 4.78 is 12.7. The third kappa shape index (κ3) is 5.16. The van der Waals surface area contributed by atoms with Gasteiger partial charge in [0.1, 0.15) is 11.5 Å². The quantitative estimate of drug-likeness (QED) is 0.232. The van der Waals surface area contributed by atoms with E-state index >= 15 is 0 Å². The minimum Gasteiger partial charge on any atom is -0.456 e. The average molecular weight is 479 g/mol. The lowest BCUT2D eigenvalue weighted by atomic mass is 10.1. The van der Waals surface area contributed by atoms with E-state index in [0.717, 1.165) is 56.3 Å². The summed E-state index contributed by atoms with van der Waals surface area (Å²) in [7, 11) is 0. The predicted molar refractivity (Wildman–Crippen MR) is 149 cm³/mol. The highest BCUT2D eigenvalue weighted by molar-refractivity contribution is 5.68. The molecule has 3 heteroatoms. The maximum Gasteiger partial charge on any atom is 0.362 e. The SMILES string of the molecule is c1ccc(-c2cc(=Nc3cc(-c4ccccc4)[o+]c(-c4ccccc4)c3)cc(-c3ccccc3)o2)cc1. The van der Waals surface area contributed by atoms with Crippen molar-refractivity contribution < 1.29 is 8.83 Å². The molecule has 0 saturated heterocycles. The van der Waals surface area contributed by atoms with Gasteiger partial charge in [-0.25, -0.2) is 9.41 Å². The van der Waals surface area contributed by atoms with Crippen molar-refractivity contribution in [2.45, 2.75) is 0 Å².